The van der Waals surface area contributed by atoms with Gasteiger partial charge in [0.15, 0.2) is 17.1 Å². The van der Waals surface area contributed by atoms with E-state index in [1.807, 2.05) is 0 Å². The molecule has 80 valence electrons. The minimum absolute atomic E-state index is 0.234. The molecule has 0 saturated carbocycles. The lowest BCUT2D eigenvalue weighted by Gasteiger charge is -1.96. The van der Waals surface area contributed by atoms with Gasteiger partial charge in [-0.2, -0.15) is 5.10 Å². The lowest BCUT2D eigenvalue weighted by molar-refractivity contribution is 0.792. The highest BCUT2D eigenvalue weighted by molar-refractivity contribution is 5.94. The predicted octanol–water partition coefficient (Wildman–Crippen LogP) is -0.213. The SMILES string of the molecule is Cn1nc(N)c2cc3c(=O)[nH]cnc3nc21. The van der Waals surface area contributed by atoms with Crippen LogP contribution in [0, 0.1) is 0 Å². The summed E-state index contributed by atoms with van der Waals surface area (Å²) in [5.41, 5.74) is 6.48. The Morgan fingerprint density at radius 1 is 1.44 bits per heavy atom. The molecule has 0 unspecified atom stereocenters. The molecule has 3 rings (SSSR count). The van der Waals surface area contributed by atoms with E-state index in [-0.39, 0.29) is 5.56 Å². The number of hydrogen-bond acceptors (Lipinski definition) is 5. The van der Waals surface area contributed by atoms with Gasteiger partial charge in [0.05, 0.1) is 17.1 Å². The van der Waals surface area contributed by atoms with Crippen LogP contribution in [0.4, 0.5) is 5.82 Å². The van der Waals surface area contributed by atoms with E-state index >= 15 is 0 Å². The summed E-state index contributed by atoms with van der Waals surface area (Å²) in [5, 5.41) is 5.11. The Morgan fingerprint density at radius 3 is 3.06 bits per heavy atom. The molecule has 0 aliphatic carbocycles. The number of nitrogen functional groups attached to an aromatic ring is 1. The number of aryl methyl sites for hydroxylation is 1. The number of nitrogens with two attached hydrogens (primary N) is 1. The van der Waals surface area contributed by atoms with E-state index in [1.165, 1.54) is 6.33 Å². The Kier molecular flexibility index (Phi) is 1.54. The van der Waals surface area contributed by atoms with Crippen molar-refractivity contribution in [2.45, 2.75) is 0 Å². The van der Waals surface area contributed by atoms with Gasteiger partial charge in [-0.1, -0.05) is 0 Å². The van der Waals surface area contributed by atoms with Crippen molar-refractivity contribution < 1.29 is 0 Å². The molecule has 0 aliphatic heterocycles. The van der Waals surface area contributed by atoms with Gasteiger partial charge < -0.3 is 10.7 Å². The molecule has 3 aromatic rings. The van der Waals surface area contributed by atoms with Gasteiger partial charge in [0, 0.05) is 7.05 Å². The summed E-state index contributed by atoms with van der Waals surface area (Å²) in [4.78, 5) is 22.3. The highest BCUT2D eigenvalue weighted by atomic mass is 16.1. The average molecular weight is 216 g/mol. The quantitative estimate of drug-likeness (QED) is 0.541. The third-order valence-electron chi connectivity index (χ3n) is 2.45. The number of nitrogens with one attached hydrogen (secondary N) is 1. The van der Waals surface area contributed by atoms with Crippen molar-refractivity contribution in [1.29, 1.82) is 0 Å². The van der Waals surface area contributed by atoms with Crippen LogP contribution in [0.15, 0.2) is 17.2 Å². The zero-order valence-corrected chi connectivity index (χ0v) is 8.43. The second-order valence-corrected chi connectivity index (χ2v) is 3.47. The minimum Gasteiger partial charge on any atom is -0.382 e. The number of anilines is 1. The molecule has 0 aliphatic rings. The van der Waals surface area contributed by atoms with Gasteiger partial charge in [0.1, 0.15) is 0 Å². The van der Waals surface area contributed by atoms with E-state index in [2.05, 4.69) is 20.1 Å². The predicted molar refractivity (Wildman–Crippen MR) is 58.8 cm³/mol. The normalized spacial score (nSPS) is 11.3. The topological polar surface area (TPSA) is 102 Å². The fraction of sp³-hybridized carbons (Fsp3) is 0.111. The van der Waals surface area contributed by atoms with Crippen molar-refractivity contribution in [3.05, 3.63) is 22.7 Å². The maximum absolute atomic E-state index is 11.5. The van der Waals surface area contributed by atoms with Crippen LogP contribution in [0.1, 0.15) is 0 Å². The molecule has 7 heteroatoms. The van der Waals surface area contributed by atoms with Crippen LogP contribution >= 0.6 is 0 Å². The van der Waals surface area contributed by atoms with Crippen LogP contribution < -0.4 is 11.3 Å². The fourth-order valence-electron chi connectivity index (χ4n) is 1.69. The molecule has 7 nitrogen and oxygen atoms in total. The van der Waals surface area contributed by atoms with E-state index in [0.29, 0.717) is 27.9 Å². The largest absolute Gasteiger partial charge is 0.382 e. The summed E-state index contributed by atoms with van der Waals surface area (Å²) >= 11 is 0. The molecular weight excluding hydrogens is 208 g/mol. The monoisotopic (exact) mass is 216 g/mol. The highest BCUT2D eigenvalue weighted by Crippen LogP contribution is 2.20. The molecule has 0 fully saturated rings. The van der Waals surface area contributed by atoms with Crippen LogP contribution in [0.2, 0.25) is 0 Å². The van der Waals surface area contributed by atoms with Gasteiger partial charge >= 0.3 is 0 Å². The zero-order chi connectivity index (χ0) is 11.3. The first-order chi connectivity index (χ1) is 7.66. The van der Waals surface area contributed by atoms with Crippen molar-refractivity contribution in [1.82, 2.24) is 24.7 Å². The Balaban J connectivity index is 2.61. The van der Waals surface area contributed by atoms with Crippen molar-refractivity contribution in [3.8, 4) is 0 Å². The van der Waals surface area contributed by atoms with Gasteiger partial charge in [-0.25, -0.2) is 14.6 Å². The lowest BCUT2D eigenvalue weighted by Crippen LogP contribution is -2.07. The Bertz CT molecular complexity index is 756. The molecule has 0 bridgehead atoms. The second kappa shape index (κ2) is 2.78. The smallest absolute Gasteiger partial charge is 0.260 e. The molecule has 0 aromatic carbocycles. The molecule has 0 spiro atoms. The maximum Gasteiger partial charge on any atom is 0.260 e. The Hall–Kier alpha value is -2.44. The van der Waals surface area contributed by atoms with Crippen molar-refractivity contribution >= 4 is 27.9 Å². The van der Waals surface area contributed by atoms with Gasteiger partial charge in [-0.15, -0.1) is 0 Å². The second-order valence-electron chi connectivity index (χ2n) is 3.47. The maximum atomic E-state index is 11.5. The highest BCUT2D eigenvalue weighted by Gasteiger charge is 2.10. The van der Waals surface area contributed by atoms with Gasteiger partial charge in [0.2, 0.25) is 0 Å². The first kappa shape index (κ1) is 8.84. The number of aromatic amines is 1. The summed E-state index contributed by atoms with van der Waals surface area (Å²) in [7, 11) is 1.74. The number of fused-ring (bicyclic) bond motifs is 2. The molecule has 3 heterocycles. The molecule has 0 atom stereocenters. The third kappa shape index (κ3) is 1.02. The number of hydrogen-bond donors (Lipinski definition) is 2. The number of pyridine rings is 1. The first-order valence-corrected chi connectivity index (χ1v) is 4.63. The van der Waals surface area contributed by atoms with E-state index in [4.69, 9.17) is 5.73 Å². The number of rotatable bonds is 0. The van der Waals surface area contributed by atoms with Crippen LogP contribution in [0.25, 0.3) is 22.1 Å². The molecule has 16 heavy (non-hydrogen) atoms. The summed E-state index contributed by atoms with van der Waals surface area (Å²) in [6.07, 6.45) is 1.32. The lowest BCUT2D eigenvalue weighted by atomic mass is 10.2. The standard InChI is InChI=1S/C9H8N6O/c1-15-8-4(6(10)14-15)2-5-7(13-8)11-3-12-9(5)16/h2-3H,1H3,(H2,10,14)(H,11,12,13,16). The first-order valence-electron chi connectivity index (χ1n) is 4.63. The minimum atomic E-state index is -0.234. The molecule has 0 amide bonds. The Morgan fingerprint density at radius 2 is 2.25 bits per heavy atom. The van der Waals surface area contributed by atoms with Crippen molar-refractivity contribution in [2.24, 2.45) is 7.05 Å². The number of nitrogens with zero attached hydrogens (tertiary/aromatic N) is 4. The molecule has 3 aromatic heterocycles. The molecule has 3 N–H and O–H groups in total. The van der Waals surface area contributed by atoms with Crippen molar-refractivity contribution in [2.75, 3.05) is 5.73 Å². The van der Waals surface area contributed by atoms with E-state index in [9.17, 15) is 4.79 Å². The van der Waals surface area contributed by atoms with Crippen LogP contribution in [-0.4, -0.2) is 24.7 Å². The fourth-order valence-corrected chi connectivity index (χ4v) is 1.69. The molecular formula is C9H8N6O. The number of aromatic nitrogens is 5. The van der Waals surface area contributed by atoms with Gasteiger partial charge in [0.25, 0.3) is 5.56 Å². The number of H-pyrrole nitrogens is 1. The summed E-state index contributed by atoms with van der Waals surface area (Å²) < 4.78 is 1.56. The van der Waals surface area contributed by atoms with Gasteiger partial charge in [-0.05, 0) is 6.07 Å². The van der Waals surface area contributed by atoms with E-state index in [0.717, 1.165) is 0 Å². The van der Waals surface area contributed by atoms with Crippen LogP contribution in [0.3, 0.4) is 0 Å². The summed E-state index contributed by atoms with van der Waals surface area (Å²) in [6, 6.07) is 1.66. The summed E-state index contributed by atoms with van der Waals surface area (Å²) in [6.45, 7) is 0. The molecule has 0 radical (unpaired) electrons. The van der Waals surface area contributed by atoms with E-state index < -0.39 is 0 Å². The summed E-state index contributed by atoms with van der Waals surface area (Å²) in [5.74, 6) is 0.357. The average Bonchev–Trinajstić information content (AvgIpc) is 2.53. The van der Waals surface area contributed by atoms with Gasteiger partial charge in [-0.3, -0.25) is 4.79 Å². The molecule has 0 saturated heterocycles. The van der Waals surface area contributed by atoms with Crippen LogP contribution in [0.5, 0.6) is 0 Å². The zero-order valence-electron chi connectivity index (χ0n) is 8.43. The van der Waals surface area contributed by atoms with Crippen molar-refractivity contribution in [3.63, 3.8) is 0 Å². The van der Waals surface area contributed by atoms with E-state index in [1.54, 1.807) is 17.8 Å². The van der Waals surface area contributed by atoms with Crippen LogP contribution in [-0.2, 0) is 7.05 Å². The third-order valence-corrected chi connectivity index (χ3v) is 2.45. The Labute approximate surface area is 88.9 Å².